The molecule has 0 atom stereocenters. The number of rotatable bonds is 4. The van der Waals surface area contributed by atoms with Gasteiger partial charge in [-0.25, -0.2) is 4.68 Å². The highest BCUT2D eigenvalue weighted by Crippen LogP contribution is 2.15. The Balaban J connectivity index is 2.18. The molecule has 0 spiro atoms. The van der Waals surface area contributed by atoms with Crippen LogP contribution in [-0.4, -0.2) is 16.9 Å². The van der Waals surface area contributed by atoms with E-state index in [4.69, 9.17) is 4.74 Å². The minimum atomic E-state index is 0.634. The van der Waals surface area contributed by atoms with Crippen molar-refractivity contribution in [2.75, 3.05) is 7.11 Å². The SMILES string of the molecule is COc1ccc(-n2ccc(CC(C)C)n2)cc1. The van der Waals surface area contributed by atoms with E-state index in [-0.39, 0.29) is 0 Å². The van der Waals surface area contributed by atoms with Crippen molar-refractivity contribution in [1.82, 2.24) is 9.78 Å². The zero-order chi connectivity index (χ0) is 12.3. The molecule has 2 rings (SSSR count). The summed E-state index contributed by atoms with van der Waals surface area (Å²) in [6.45, 7) is 4.40. The number of ether oxygens (including phenoxy) is 1. The molecule has 0 fully saturated rings. The Hall–Kier alpha value is -1.77. The predicted octanol–water partition coefficient (Wildman–Crippen LogP) is 3.08. The Morgan fingerprint density at radius 1 is 1.18 bits per heavy atom. The summed E-state index contributed by atoms with van der Waals surface area (Å²) in [5.74, 6) is 1.50. The summed E-state index contributed by atoms with van der Waals surface area (Å²) < 4.78 is 7.03. The molecular formula is C14H18N2O. The number of hydrogen-bond donors (Lipinski definition) is 0. The smallest absolute Gasteiger partial charge is 0.119 e. The minimum absolute atomic E-state index is 0.634. The largest absolute Gasteiger partial charge is 0.497 e. The van der Waals surface area contributed by atoms with E-state index in [1.807, 2.05) is 35.1 Å². The van der Waals surface area contributed by atoms with Crippen LogP contribution in [0, 0.1) is 5.92 Å². The fourth-order valence-electron chi connectivity index (χ4n) is 1.77. The first-order valence-corrected chi connectivity index (χ1v) is 5.88. The molecule has 0 saturated carbocycles. The Bertz CT molecular complexity index is 471. The number of aromatic nitrogens is 2. The fraction of sp³-hybridized carbons (Fsp3) is 0.357. The van der Waals surface area contributed by atoms with E-state index in [9.17, 15) is 0 Å². The molecule has 0 amide bonds. The maximum atomic E-state index is 5.13. The van der Waals surface area contributed by atoms with Gasteiger partial charge in [0.1, 0.15) is 5.75 Å². The van der Waals surface area contributed by atoms with Crippen LogP contribution >= 0.6 is 0 Å². The van der Waals surface area contributed by atoms with Gasteiger partial charge in [0.2, 0.25) is 0 Å². The lowest BCUT2D eigenvalue weighted by Gasteiger charge is -2.04. The lowest BCUT2D eigenvalue weighted by Crippen LogP contribution is -1.99. The van der Waals surface area contributed by atoms with E-state index in [0.29, 0.717) is 5.92 Å². The van der Waals surface area contributed by atoms with Crippen LogP contribution in [-0.2, 0) is 6.42 Å². The van der Waals surface area contributed by atoms with E-state index in [1.165, 1.54) is 0 Å². The molecule has 0 N–H and O–H groups in total. The summed E-state index contributed by atoms with van der Waals surface area (Å²) in [5, 5.41) is 4.55. The maximum absolute atomic E-state index is 5.13. The molecule has 0 bridgehead atoms. The second-order valence-corrected chi connectivity index (χ2v) is 4.55. The maximum Gasteiger partial charge on any atom is 0.119 e. The number of benzene rings is 1. The second kappa shape index (κ2) is 5.04. The van der Waals surface area contributed by atoms with Crippen LogP contribution in [0.2, 0.25) is 0 Å². The van der Waals surface area contributed by atoms with Gasteiger partial charge in [0.15, 0.2) is 0 Å². The summed E-state index contributed by atoms with van der Waals surface area (Å²) in [6.07, 6.45) is 3.02. The van der Waals surface area contributed by atoms with Crippen molar-refractivity contribution in [3.8, 4) is 11.4 Å². The first-order valence-electron chi connectivity index (χ1n) is 5.88. The lowest BCUT2D eigenvalue weighted by atomic mass is 10.1. The Kier molecular flexibility index (Phi) is 3.47. The quantitative estimate of drug-likeness (QED) is 0.807. The Labute approximate surface area is 102 Å². The van der Waals surface area contributed by atoms with Crippen LogP contribution in [0.3, 0.4) is 0 Å². The van der Waals surface area contributed by atoms with Crippen LogP contribution in [0.15, 0.2) is 36.5 Å². The van der Waals surface area contributed by atoms with Crippen molar-refractivity contribution in [2.24, 2.45) is 5.92 Å². The molecule has 1 aromatic heterocycles. The minimum Gasteiger partial charge on any atom is -0.497 e. The van der Waals surface area contributed by atoms with E-state index < -0.39 is 0 Å². The highest BCUT2D eigenvalue weighted by molar-refractivity contribution is 5.36. The molecule has 0 aliphatic rings. The van der Waals surface area contributed by atoms with Crippen LogP contribution in [0.25, 0.3) is 5.69 Å². The van der Waals surface area contributed by atoms with Crippen LogP contribution in [0.5, 0.6) is 5.75 Å². The fourth-order valence-corrected chi connectivity index (χ4v) is 1.77. The first-order chi connectivity index (χ1) is 8.19. The van der Waals surface area contributed by atoms with Gasteiger partial charge in [-0.1, -0.05) is 13.8 Å². The average molecular weight is 230 g/mol. The van der Waals surface area contributed by atoms with Crippen molar-refractivity contribution in [2.45, 2.75) is 20.3 Å². The van der Waals surface area contributed by atoms with Gasteiger partial charge in [0.05, 0.1) is 18.5 Å². The van der Waals surface area contributed by atoms with Gasteiger partial charge in [-0.2, -0.15) is 5.10 Å². The molecule has 0 unspecified atom stereocenters. The number of nitrogens with zero attached hydrogens (tertiary/aromatic N) is 2. The van der Waals surface area contributed by atoms with E-state index in [2.05, 4.69) is 25.0 Å². The van der Waals surface area contributed by atoms with Crippen LogP contribution in [0.4, 0.5) is 0 Å². The Morgan fingerprint density at radius 3 is 2.47 bits per heavy atom. The third-order valence-corrected chi connectivity index (χ3v) is 2.60. The average Bonchev–Trinajstić information content (AvgIpc) is 2.77. The zero-order valence-electron chi connectivity index (χ0n) is 10.6. The molecular weight excluding hydrogens is 212 g/mol. The van der Waals surface area contributed by atoms with Gasteiger partial charge in [-0.15, -0.1) is 0 Å². The first kappa shape index (κ1) is 11.7. The molecule has 3 heteroatoms. The summed E-state index contributed by atoms with van der Waals surface area (Å²) in [7, 11) is 1.67. The Morgan fingerprint density at radius 2 is 1.88 bits per heavy atom. The van der Waals surface area contributed by atoms with Gasteiger partial charge in [-0.3, -0.25) is 0 Å². The molecule has 1 heterocycles. The third kappa shape index (κ3) is 2.87. The molecule has 3 nitrogen and oxygen atoms in total. The van der Waals surface area contributed by atoms with Crippen molar-refractivity contribution in [1.29, 1.82) is 0 Å². The van der Waals surface area contributed by atoms with E-state index in [1.54, 1.807) is 7.11 Å². The van der Waals surface area contributed by atoms with Gasteiger partial charge in [0.25, 0.3) is 0 Å². The summed E-state index contributed by atoms with van der Waals surface area (Å²) >= 11 is 0. The number of methoxy groups -OCH3 is 1. The standard InChI is InChI=1S/C14H18N2O/c1-11(2)10-12-8-9-16(15-12)13-4-6-14(17-3)7-5-13/h4-9,11H,10H2,1-3H3. The van der Waals surface area contributed by atoms with Gasteiger partial charge in [-0.05, 0) is 42.7 Å². The summed E-state index contributed by atoms with van der Waals surface area (Å²) in [6, 6.07) is 9.97. The third-order valence-electron chi connectivity index (χ3n) is 2.60. The molecule has 0 radical (unpaired) electrons. The van der Waals surface area contributed by atoms with E-state index >= 15 is 0 Å². The molecule has 0 aliphatic heterocycles. The highest BCUT2D eigenvalue weighted by atomic mass is 16.5. The van der Waals surface area contributed by atoms with Crippen molar-refractivity contribution in [3.63, 3.8) is 0 Å². The highest BCUT2D eigenvalue weighted by Gasteiger charge is 2.03. The summed E-state index contributed by atoms with van der Waals surface area (Å²) in [4.78, 5) is 0. The molecule has 17 heavy (non-hydrogen) atoms. The number of hydrogen-bond acceptors (Lipinski definition) is 2. The van der Waals surface area contributed by atoms with Crippen LogP contribution in [0.1, 0.15) is 19.5 Å². The van der Waals surface area contributed by atoms with Gasteiger partial charge in [0, 0.05) is 6.20 Å². The van der Waals surface area contributed by atoms with Gasteiger partial charge < -0.3 is 4.74 Å². The van der Waals surface area contributed by atoms with Crippen molar-refractivity contribution >= 4 is 0 Å². The predicted molar refractivity (Wildman–Crippen MR) is 68.7 cm³/mol. The zero-order valence-corrected chi connectivity index (χ0v) is 10.6. The molecule has 0 saturated heterocycles. The van der Waals surface area contributed by atoms with E-state index in [0.717, 1.165) is 23.6 Å². The molecule has 90 valence electrons. The molecule has 0 aliphatic carbocycles. The molecule has 2 aromatic rings. The summed E-state index contributed by atoms with van der Waals surface area (Å²) in [5.41, 5.74) is 2.19. The lowest BCUT2D eigenvalue weighted by molar-refractivity contribution is 0.414. The van der Waals surface area contributed by atoms with Crippen LogP contribution < -0.4 is 4.74 Å². The van der Waals surface area contributed by atoms with Crippen molar-refractivity contribution < 1.29 is 4.74 Å². The molecule has 1 aromatic carbocycles. The monoisotopic (exact) mass is 230 g/mol. The van der Waals surface area contributed by atoms with Gasteiger partial charge >= 0.3 is 0 Å². The second-order valence-electron chi connectivity index (χ2n) is 4.55. The topological polar surface area (TPSA) is 27.1 Å². The normalized spacial score (nSPS) is 10.8. The van der Waals surface area contributed by atoms with Crippen molar-refractivity contribution in [3.05, 3.63) is 42.2 Å².